The SMILES string of the molecule is COc1ccc(C(c2ccc(OC)c(OC)c2)N2CCNCC2)cc1OC. The Balaban J connectivity index is 2.06. The lowest BCUT2D eigenvalue weighted by molar-refractivity contribution is 0.197. The van der Waals surface area contributed by atoms with Crippen LogP contribution in [0.2, 0.25) is 0 Å². The van der Waals surface area contributed by atoms with E-state index in [0.29, 0.717) is 0 Å². The minimum absolute atomic E-state index is 0.0895. The monoisotopic (exact) mass is 372 g/mol. The van der Waals surface area contributed by atoms with E-state index in [1.54, 1.807) is 28.4 Å². The Bertz CT molecular complexity index is 704. The van der Waals surface area contributed by atoms with Crippen molar-refractivity contribution in [3.8, 4) is 23.0 Å². The van der Waals surface area contributed by atoms with Gasteiger partial charge in [0.2, 0.25) is 0 Å². The number of rotatable bonds is 7. The van der Waals surface area contributed by atoms with Crippen molar-refractivity contribution in [1.82, 2.24) is 10.2 Å². The molecule has 0 saturated carbocycles. The van der Waals surface area contributed by atoms with Gasteiger partial charge in [-0.25, -0.2) is 0 Å². The zero-order chi connectivity index (χ0) is 19.2. The topological polar surface area (TPSA) is 52.2 Å². The number of methoxy groups -OCH3 is 4. The van der Waals surface area contributed by atoms with Gasteiger partial charge in [-0.05, 0) is 35.4 Å². The third kappa shape index (κ3) is 4.12. The van der Waals surface area contributed by atoms with Crippen molar-refractivity contribution in [3.63, 3.8) is 0 Å². The maximum atomic E-state index is 5.53. The number of nitrogens with one attached hydrogen (secondary N) is 1. The zero-order valence-corrected chi connectivity index (χ0v) is 16.5. The molecule has 0 atom stereocenters. The lowest BCUT2D eigenvalue weighted by Gasteiger charge is -2.36. The summed E-state index contributed by atoms with van der Waals surface area (Å²) in [7, 11) is 6.63. The van der Waals surface area contributed by atoms with E-state index < -0.39 is 0 Å². The highest BCUT2D eigenvalue weighted by atomic mass is 16.5. The molecule has 1 fully saturated rings. The second-order valence-electron chi connectivity index (χ2n) is 6.42. The van der Waals surface area contributed by atoms with E-state index in [0.717, 1.165) is 60.3 Å². The molecule has 0 amide bonds. The van der Waals surface area contributed by atoms with Crippen LogP contribution in [0, 0.1) is 0 Å². The number of hydrogen-bond acceptors (Lipinski definition) is 6. The Morgan fingerprint density at radius 3 is 1.56 bits per heavy atom. The molecule has 0 aromatic heterocycles. The molecule has 146 valence electrons. The third-order valence-electron chi connectivity index (χ3n) is 4.96. The van der Waals surface area contributed by atoms with Crippen molar-refractivity contribution in [2.24, 2.45) is 0 Å². The van der Waals surface area contributed by atoms with Gasteiger partial charge in [0.25, 0.3) is 0 Å². The van der Waals surface area contributed by atoms with Gasteiger partial charge in [0.05, 0.1) is 34.5 Å². The molecule has 1 heterocycles. The molecule has 27 heavy (non-hydrogen) atoms. The second-order valence-corrected chi connectivity index (χ2v) is 6.42. The number of nitrogens with zero attached hydrogens (tertiary/aromatic N) is 1. The first-order valence-corrected chi connectivity index (χ1v) is 9.10. The Labute approximate surface area is 161 Å². The second kappa shape index (κ2) is 8.97. The molecule has 1 saturated heterocycles. The van der Waals surface area contributed by atoms with Gasteiger partial charge in [-0.15, -0.1) is 0 Å². The fourth-order valence-corrected chi connectivity index (χ4v) is 3.60. The number of benzene rings is 2. The fraction of sp³-hybridized carbons (Fsp3) is 0.429. The number of piperazine rings is 1. The van der Waals surface area contributed by atoms with E-state index in [9.17, 15) is 0 Å². The summed E-state index contributed by atoms with van der Waals surface area (Å²) in [6.45, 7) is 3.87. The standard InChI is InChI=1S/C21H28N2O4/c1-24-17-7-5-15(13-19(17)26-3)21(23-11-9-22-10-12-23)16-6-8-18(25-2)20(14-16)27-4/h5-8,13-14,21-22H,9-12H2,1-4H3. The van der Waals surface area contributed by atoms with Gasteiger partial charge in [-0.1, -0.05) is 12.1 Å². The highest BCUT2D eigenvalue weighted by Gasteiger charge is 2.26. The highest BCUT2D eigenvalue weighted by Crippen LogP contribution is 2.38. The van der Waals surface area contributed by atoms with Crippen LogP contribution in [0.1, 0.15) is 17.2 Å². The average molecular weight is 372 g/mol. The van der Waals surface area contributed by atoms with Gasteiger partial charge in [0, 0.05) is 26.2 Å². The molecule has 2 aromatic carbocycles. The van der Waals surface area contributed by atoms with Crippen LogP contribution in [0.4, 0.5) is 0 Å². The molecular weight excluding hydrogens is 344 g/mol. The van der Waals surface area contributed by atoms with Crippen LogP contribution in [0.15, 0.2) is 36.4 Å². The molecule has 6 heteroatoms. The average Bonchev–Trinajstić information content (AvgIpc) is 2.74. The van der Waals surface area contributed by atoms with Gasteiger partial charge >= 0.3 is 0 Å². The third-order valence-corrected chi connectivity index (χ3v) is 4.96. The van der Waals surface area contributed by atoms with Gasteiger partial charge in [-0.2, -0.15) is 0 Å². The summed E-state index contributed by atoms with van der Waals surface area (Å²) < 4.78 is 21.9. The van der Waals surface area contributed by atoms with Gasteiger partial charge < -0.3 is 24.3 Å². The van der Waals surface area contributed by atoms with Crippen molar-refractivity contribution >= 4 is 0 Å². The molecule has 2 aromatic rings. The van der Waals surface area contributed by atoms with E-state index in [4.69, 9.17) is 18.9 Å². The first-order chi connectivity index (χ1) is 13.2. The van der Waals surface area contributed by atoms with Crippen LogP contribution in [-0.4, -0.2) is 59.5 Å². The van der Waals surface area contributed by atoms with Gasteiger partial charge in [-0.3, -0.25) is 4.90 Å². The van der Waals surface area contributed by atoms with Crippen LogP contribution in [0.3, 0.4) is 0 Å². The summed E-state index contributed by atoms with van der Waals surface area (Å²) in [4.78, 5) is 2.47. The minimum atomic E-state index is 0.0895. The van der Waals surface area contributed by atoms with Crippen LogP contribution in [0.25, 0.3) is 0 Å². The van der Waals surface area contributed by atoms with Crippen LogP contribution in [0.5, 0.6) is 23.0 Å². The van der Waals surface area contributed by atoms with Crippen molar-refractivity contribution in [3.05, 3.63) is 47.5 Å². The first kappa shape index (κ1) is 19.3. The van der Waals surface area contributed by atoms with Crippen molar-refractivity contribution in [1.29, 1.82) is 0 Å². The van der Waals surface area contributed by atoms with E-state index in [-0.39, 0.29) is 6.04 Å². The molecule has 0 aliphatic carbocycles. The van der Waals surface area contributed by atoms with Crippen molar-refractivity contribution in [2.45, 2.75) is 6.04 Å². The van der Waals surface area contributed by atoms with Crippen molar-refractivity contribution in [2.75, 3.05) is 54.6 Å². The quantitative estimate of drug-likeness (QED) is 0.807. The lowest BCUT2D eigenvalue weighted by atomic mass is 9.95. The summed E-state index contributed by atoms with van der Waals surface area (Å²) >= 11 is 0. The Morgan fingerprint density at radius 1 is 0.704 bits per heavy atom. The molecule has 0 radical (unpaired) electrons. The maximum Gasteiger partial charge on any atom is 0.161 e. The summed E-state index contributed by atoms with van der Waals surface area (Å²) in [5.74, 6) is 2.92. The Morgan fingerprint density at radius 2 is 1.15 bits per heavy atom. The largest absolute Gasteiger partial charge is 0.493 e. The minimum Gasteiger partial charge on any atom is -0.493 e. The number of hydrogen-bond donors (Lipinski definition) is 1. The molecule has 0 bridgehead atoms. The summed E-state index contributed by atoms with van der Waals surface area (Å²) in [5.41, 5.74) is 2.31. The normalized spacial score (nSPS) is 14.9. The molecule has 1 aliphatic rings. The van der Waals surface area contributed by atoms with E-state index >= 15 is 0 Å². The van der Waals surface area contributed by atoms with Gasteiger partial charge in [0.15, 0.2) is 23.0 Å². The van der Waals surface area contributed by atoms with Crippen molar-refractivity contribution < 1.29 is 18.9 Å². The summed E-state index contributed by atoms with van der Waals surface area (Å²) in [6, 6.07) is 12.3. The Hall–Kier alpha value is -2.44. The fourth-order valence-electron chi connectivity index (χ4n) is 3.60. The first-order valence-electron chi connectivity index (χ1n) is 9.10. The molecule has 3 rings (SSSR count). The highest BCUT2D eigenvalue weighted by molar-refractivity contribution is 5.49. The smallest absolute Gasteiger partial charge is 0.161 e. The van der Waals surface area contributed by atoms with Crippen LogP contribution in [-0.2, 0) is 0 Å². The van der Waals surface area contributed by atoms with E-state index in [1.165, 1.54) is 0 Å². The lowest BCUT2D eigenvalue weighted by Crippen LogP contribution is -2.45. The zero-order valence-electron chi connectivity index (χ0n) is 16.5. The molecule has 0 unspecified atom stereocenters. The van der Waals surface area contributed by atoms with E-state index in [1.807, 2.05) is 12.1 Å². The molecule has 1 aliphatic heterocycles. The molecule has 0 spiro atoms. The summed E-state index contributed by atoms with van der Waals surface area (Å²) in [6.07, 6.45) is 0. The van der Waals surface area contributed by atoms with E-state index in [2.05, 4.69) is 34.5 Å². The van der Waals surface area contributed by atoms with Gasteiger partial charge in [0.1, 0.15) is 0 Å². The molecular formula is C21H28N2O4. The van der Waals surface area contributed by atoms with Crippen LogP contribution < -0.4 is 24.3 Å². The number of ether oxygens (including phenoxy) is 4. The predicted molar refractivity (Wildman–Crippen MR) is 105 cm³/mol. The maximum absolute atomic E-state index is 5.53. The molecule has 6 nitrogen and oxygen atoms in total. The Kier molecular flexibility index (Phi) is 6.42. The molecule has 1 N–H and O–H groups in total. The summed E-state index contributed by atoms with van der Waals surface area (Å²) in [5, 5.41) is 3.42. The predicted octanol–water partition coefficient (Wildman–Crippen LogP) is 2.72. The van der Waals surface area contributed by atoms with Crippen LogP contribution >= 0.6 is 0 Å².